The minimum absolute atomic E-state index is 0.375. The molecule has 1 unspecified atom stereocenters. The SMILES string of the molecule is C=CC(C)CNC=O. The van der Waals surface area contributed by atoms with Crippen LogP contribution in [0.25, 0.3) is 0 Å². The van der Waals surface area contributed by atoms with E-state index in [0.717, 1.165) is 0 Å². The third-order valence-electron chi connectivity index (χ3n) is 0.926. The van der Waals surface area contributed by atoms with Crippen LogP contribution in [-0.2, 0) is 4.79 Å². The van der Waals surface area contributed by atoms with Gasteiger partial charge in [0, 0.05) is 6.54 Å². The van der Waals surface area contributed by atoms with Gasteiger partial charge in [0.25, 0.3) is 0 Å². The summed E-state index contributed by atoms with van der Waals surface area (Å²) in [4.78, 5) is 9.68. The molecule has 1 amide bonds. The van der Waals surface area contributed by atoms with E-state index in [2.05, 4.69) is 11.9 Å². The van der Waals surface area contributed by atoms with Crippen LogP contribution in [0.5, 0.6) is 0 Å². The van der Waals surface area contributed by atoms with Gasteiger partial charge < -0.3 is 5.32 Å². The molecule has 0 aromatic heterocycles. The van der Waals surface area contributed by atoms with E-state index in [1.165, 1.54) is 0 Å². The summed E-state index contributed by atoms with van der Waals surface area (Å²) in [7, 11) is 0. The fourth-order valence-electron chi connectivity index (χ4n) is 0.317. The monoisotopic (exact) mass is 113 g/mol. The van der Waals surface area contributed by atoms with Crippen molar-refractivity contribution in [2.75, 3.05) is 6.54 Å². The number of nitrogens with one attached hydrogen (secondary N) is 1. The molecule has 0 fully saturated rings. The molecule has 0 aliphatic carbocycles. The molecular formula is C6H11NO. The van der Waals surface area contributed by atoms with Crippen molar-refractivity contribution in [3.63, 3.8) is 0 Å². The molecule has 1 atom stereocenters. The Balaban J connectivity index is 3.09. The fourth-order valence-corrected chi connectivity index (χ4v) is 0.317. The van der Waals surface area contributed by atoms with Gasteiger partial charge in [-0.2, -0.15) is 0 Å². The highest BCUT2D eigenvalue weighted by molar-refractivity contribution is 5.45. The highest BCUT2D eigenvalue weighted by Crippen LogP contribution is 1.89. The first-order valence-corrected chi connectivity index (χ1v) is 2.61. The van der Waals surface area contributed by atoms with Crippen molar-refractivity contribution < 1.29 is 4.79 Å². The maximum absolute atomic E-state index is 9.68. The van der Waals surface area contributed by atoms with Gasteiger partial charge in [0.1, 0.15) is 0 Å². The van der Waals surface area contributed by atoms with E-state index in [4.69, 9.17) is 0 Å². The standard InChI is InChI=1S/C6H11NO/c1-3-6(2)4-7-5-8/h3,5-6H,1,4H2,2H3,(H,7,8). The van der Waals surface area contributed by atoms with Crippen LogP contribution in [0.4, 0.5) is 0 Å². The molecular weight excluding hydrogens is 102 g/mol. The molecule has 8 heavy (non-hydrogen) atoms. The van der Waals surface area contributed by atoms with Crippen LogP contribution in [0.1, 0.15) is 6.92 Å². The van der Waals surface area contributed by atoms with E-state index in [1.54, 1.807) is 6.08 Å². The quantitative estimate of drug-likeness (QED) is 0.418. The Kier molecular flexibility index (Phi) is 3.94. The first-order valence-electron chi connectivity index (χ1n) is 2.61. The van der Waals surface area contributed by atoms with E-state index in [0.29, 0.717) is 18.9 Å². The largest absolute Gasteiger partial charge is 0.358 e. The molecule has 0 aromatic rings. The van der Waals surface area contributed by atoms with Gasteiger partial charge in [0.15, 0.2) is 0 Å². The average Bonchev–Trinajstić information content (AvgIpc) is 1.83. The average molecular weight is 113 g/mol. The fraction of sp³-hybridized carbons (Fsp3) is 0.500. The molecule has 0 aromatic carbocycles. The van der Waals surface area contributed by atoms with Crippen LogP contribution in [0, 0.1) is 5.92 Å². The Hall–Kier alpha value is -0.790. The summed E-state index contributed by atoms with van der Waals surface area (Å²) < 4.78 is 0. The predicted octanol–water partition coefficient (Wildman–Crippen LogP) is 0.554. The summed E-state index contributed by atoms with van der Waals surface area (Å²) in [6, 6.07) is 0. The number of amides is 1. The van der Waals surface area contributed by atoms with Crippen molar-refractivity contribution in [2.24, 2.45) is 5.92 Å². The highest BCUT2D eigenvalue weighted by atomic mass is 16.1. The van der Waals surface area contributed by atoms with Crippen molar-refractivity contribution in [1.82, 2.24) is 5.32 Å². The van der Waals surface area contributed by atoms with E-state index in [9.17, 15) is 4.79 Å². The second-order valence-corrected chi connectivity index (χ2v) is 1.74. The van der Waals surface area contributed by atoms with Gasteiger partial charge in [-0.05, 0) is 5.92 Å². The predicted molar refractivity (Wildman–Crippen MR) is 33.4 cm³/mol. The number of hydrogen-bond donors (Lipinski definition) is 1. The minimum Gasteiger partial charge on any atom is -0.358 e. The zero-order chi connectivity index (χ0) is 6.41. The van der Waals surface area contributed by atoms with Crippen LogP contribution in [0.3, 0.4) is 0 Å². The zero-order valence-corrected chi connectivity index (χ0v) is 5.05. The van der Waals surface area contributed by atoms with Gasteiger partial charge in [-0.3, -0.25) is 4.79 Å². The molecule has 0 saturated heterocycles. The van der Waals surface area contributed by atoms with Gasteiger partial charge >= 0.3 is 0 Å². The molecule has 0 radical (unpaired) electrons. The number of hydrogen-bond acceptors (Lipinski definition) is 1. The van der Waals surface area contributed by atoms with Crippen LogP contribution in [0.2, 0.25) is 0 Å². The molecule has 0 aliphatic heterocycles. The molecule has 2 heteroatoms. The van der Waals surface area contributed by atoms with Gasteiger partial charge in [-0.15, -0.1) is 6.58 Å². The van der Waals surface area contributed by atoms with Crippen molar-refractivity contribution in [2.45, 2.75) is 6.92 Å². The van der Waals surface area contributed by atoms with E-state index in [1.807, 2.05) is 6.92 Å². The number of rotatable bonds is 4. The zero-order valence-electron chi connectivity index (χ0n) is 5.05. The summed E-state index contributed by atoms with van der Waals surface area (Å²) in [6.45, 7) is 6.23. The number of carbonyl (C=O) groups is 1. The van der Waals surface area contributed by atoms with Gasteiger partial charge in [-0.25, -0.2) is 0 Å². The Labute approximate surface area is 49.6 Å². The molecule has 1 N–H and O–H groups in total. The Morgan fingerprint density at radius 1 is 1.88 bits per heavy atom. The van der Waals surface area contributed by atoms with E-state index in [-0.39, 0.29) is 0 Å². The van der Waals surface area contributed by atoms with Gasteiger partial charge in [-0.1, -0.05) is 13.0 Å². The molecule has 0 aliphatic rings. The normalized spacial score (nSPS) is 12.1. The minimum atomic E-state index is 0.375. The lowest BCUT2D eigenvalue weighted by molar-refractivity contribution is -0.109. The highest BCUT2D eigenvalue weighted by Gasteiger charge is 1.90. The van der Waals surface area contributed by atoms with Crippen LogP contribution in [0.15, 0.2) is 12.7 Å². The lowest BCUT2D eigenvalue weighted by Gasteiger charge is -2.00. The second-order valence-electron chi connectivity index (χ2n) is 1.74. The molecule has 0 bridgehead atoms. The van der Waals surface area contributed by atoms with Gasteiger partial charge in [0.2, 0.25) is 6.41 Å². The molecule has 0 saturated carbocycles. The summed E-state index contributed by atoms with van der Waals surface area (Å²) in [5.41, 5.74) is 0. The van der Waals surface area contributed by atoms with Crippen LogP contribution < -0.4 is 5.32 Å². The van der Waals surface area contributed by atoms with Crippen LogP contribution >= 0.6 is 0 Å². The Bertz CT molecular complexity index is 80.6. The lowest BCUT2D eigenvalue weighted by atomic mass is 10.2. The molecule has 2 nitrogen and oxygen atoms in total. The van der Waals surface area contributed by atoms with Crippen molar-refractivity contribution >= 4 is 6.41 Å². The maximum Gasteiger partial charge on any atom is 0.207 e. The third kappa shape index (κ3) is 3.40. The summed E-state index contributed by atoms with van der Waals surface area (Å²) >= 11 is 0. The van der Waals surface area contributed by atoms with Crippen molar-refractivity contribution in [3.05, 3.63) is 12.7 Å². The van der Waals surface area contributed by atoms with E-state index < -0.39 is 0 Å². The molecule has 46 valence electrons. The lowest BCUT2D eigenvalue weighted by Crippen LogP contribution is -2.17. The number of carbonyl (C=O) groups excluding carboxylic acids is 1. The molecule has 0 rings (SSSR count). The maximum atomic E-state index is 9.68. The summed E-state index contributed by atoms with van der Waals surface area (Å²) in [6.07, 6.45) is 2.50. The summed E-state index contributed by atoms with van der Waals surface area (Å²) in [5.74, 6) is 0.375. The first kappa shape index (κ1) is 7.21. The third-order valence-corrected chi connectivity index (χ3v) is 0.926. The van der Waals surface area contributed by atoms with Crippen molar-refractivity contribution in [3.8, 4) is 0 Å². The molecule has 0 spiro atoms. The topological polar surface area (TPSA) is 29.1 Å². The summed E-state index contributed by atoms with van der Waals surface area (Å²) in [5, 5.41) is 2.55. The Morgan fingerprint density at radius 2 is 2.50 bits per heavy atom. The first-order chi connectivity index (χ1) is 3.81. The second kappa shape index (κ2) is 4.37. The molecule has 0 heterocycles. The Morgan fingerprint density at radius 3 is 2.88 bits per heavy atom. The van der Waals surface area contributed by atoms with Crippen LogP contribution in [-0.4, -0.2) is 13.0 Å². The van der Waals surface area contributed by atoms with Crippen molar-refractivity contribution in [1.29, 1.82) is 0 Å². The van der Waals surface area contributed by atoms with E-state index >= 15 is 0 Å². The van der Waals surface area contributed by atoms with Gasteiger partial charge in [0.05, 0.1) is 0 Å². The smallest absolute Gasteiger partial charge is 0.207 e.